The Labute approximate surface area is 122 Å². The fourth-order valence-corrected chi connectivity index (χ4v) is 2.17. The van der Waals surface area contributed by atoms with Crippen molar-refractivity contribution in [3.8, 4) is 11.3 Å². The van der Waals surface area contributed by atoms with Crippen molar-refractivity contribution in [1.29, 1.82) is 0 Å². The SMILES string of the molecule is Cc1[nH]nc2ccc(-c3cncc(NC(C)CO)n3)cc12. The maximum Gasteiger partial charge on any atom is 0.145 e. The monoisotopic (exact) mass is 283 g/mol. The van der Waals surface area contributed by atoms with Gasteiger partial charge in [-0.1, -0.05) is 6.07 Å². The summed E-state index contributed by atoms with van der Waals surface area (Å²) < 4.78 is 0. The molecule has 1 unspecified atom stereocenters. The van der Waals surface area contributed by atoms with Gasteiger partial charge in [-0.05, 0) is 26.0 Å². The first-order chi connectivity index (χ1) is 10.2. The van der Waals surface area contributed by atoms with Gasteiger partial charge in [-0.15, -0.1) is 0 Å². The quantitative estimate of drug-likeness (QED) is 0.682. The van der Waals surface area contributed by atoms with Crippen LogP contribution in [0.1, 0.15) is 12.6 Å². The second-order valence-electron chi connectivity index (χ2n) is 5.10. The third kappa shape index (κ3) is 2.71. The van der Waals surface area contributed by atoms with Crippen molar-refractivity contribution in [2.45, 2.75) is 19.9 Å². The molecule has 2 aromatic heterocycles. The molecule has 0 aliphatic carbocycles. The van der Waals surface area contributed by atoms with Crippen molar-refractivity contribution in [2.24, 2.45) is 0 Å². The van der Waals surface area contributed by atoms with Crippen LogP contribution in [0.2, 0.25) is 0 Å². The summed E-state index contributed by atoms with van der Waals surface area (Å²) in [7, 11) is 0. The summed E-state index contributed by atoms with van der Waals surface area (Å²) in [5.74, 6) is 0.651. The number of fused-ring (bicyclic) bond motifs is 1. The second kappa shape index (κ2) is 5.49. The van der Waals surface area contributed by atoms with E-state index >= 15 is 0 Å². The molecule has 0 bridgehead atoms. The molecule has 0 amide bonds. The van der Waals surface area contributed by atoms with Gasteiger partial charge in [0.2, 0.25) is 0 Å². The van der Waals surface area contributed by atoms with Crippen LogP contribution in [0.3, 0.4) is 0 Å². The van der Waals surface area contributed by atoms with Crippen LogP contribution in [0.25, 0.3) is 22.2 Å². The lowest BCUT2D eigenvalue weighted by atomic mass is 10.1. The predicted octanol–water partition coefficient (Wildman–Crippen LogP) is 2.12. The fraction of sp³-hybridized carbons (Fsp3) is 0.267. The summed E-state index contributed by atoms with van der Waals surface area (Å²) in [4.78, 5) is 8.74. The minimum Gasteiger partial charge on any atom is -0.394 e. The standard InChI is InChI=1S/C15H17N5O/c1-9(8-21)17-15-7-16-6-14(18-15)11-3-4-13-12(5-11)10(2)19-20-13/h3-7,9,21H,8H2,1-2H3,(H,17,18)(H,19,20). The lowest BCUT2D eigenvalue weighted by molar-refractivity contribution is 0.281. The Balaban J connectivity index is 1.97. The molecule has 3 rings (SSSR count). The summed E-state index contributed by atoms with van der Waals surface area (Å²) in [6.45, 7) is 3.92. The number of anilines is 1. The number of aromatic amines is 1. The molecule has 0 radical (unpaired) electrons. The van der Waals surface area contributed by atoms with Gasteiger partial charge in [-0.25, -0.2) is 4.98 Å². The third-order valence-electron chi connectivity index (χ3n) is 3.34. The van der Waals surface area contributed by atoms with E-state index in [1.165, 1.54) is 0 Å². The number of aliphatic hydroxyl groups is 1. The minimum atomic E-state index is -0.0619. The Kier molecular flexibility index (Phi) is 3.53. The van der Waals surface area contributed by atoms with Gasteiger partial charge in [-0.3, -0.25) is 10.1 Å². The molecule has 0 fully saturated rings. The normalized spacial score (nSPS) is 12.5. The van der Waals surface area contributed by atoms with Gasteiger partial charge in [0.1, 0.15) is 5.82 Å². The first-order valence-corrected chi connectivity index (χ1v) is 6.82. The number of H-pyrrole nitrogens is 1. The summed E-state index contributed by atoms with van der Waals surface area (Å²) in [5, 5.41) is 20.5. The van der Waals surface area contributed by atoms with E-state index in [1.807, 2.05) is 26.0 Å². The number of hydrogen-bond donors (Lipinski definition) is 3. The highest BCUT2D eigenvalue weighted by molar-refractivity contribution is 5.85. The molecule has 0 saturated carbocycles. The highest BCUT2D eigenvalue weighted by Gasteiger charge is 2.07. The number of aliphatic hydroxyl groups excluding tert-OH is 1. The van der Waals surface area contributed by atoms with E-state index in [9.17, 15) is 0 Å². The van der Waals surface area contributed by atoms with E-state index in [0.29, 0.717) is 5.82 Å². The Morgan fingerprint density at radius 1 is 1.33 bits per heavy atom. The maximum absolute atomic E-state index is 9.09. The average molecular weight is 283 g/mol. The topological polar surface area (TPSA) is 86.7 Å². The van der Waals surface area contributed by atoms with E-state index in [0.717, 1.165) is 27.9 Å². The zero-order valence-electron chi connectivity index (χ0n) is 12.0. The van der Waals surface area contributed by atoms with Crippen molar-refractivity contribution < 1.29 is 5.11 Å². The van der Waals surface area contributed by atoms with Crippen LogP contribution in [-0.2, 0) is 0 Å². The molecule has 0 aliphatic heterocycles. The van der Waals surface area contributed by atoms with Crippen LogP contribution in [0.15, 0.2) is 30.6 Å². The van der Waals surface area contributed by atoms with Crippen LogP contribution >= 0.6 is 0 Å². The predicted molar refractivity (Wildman–Crippen MR) is 82.0 cm³/mol. The second-order valence-corrected chi connectivity index (χ2v) is 5.10. The summed E-state index contributed by atoms with van der Waals surface area (Å²) in [5.41, 5.74) is 3.74. The summed E-state index contributed by atoms with van der Waals surface area (Å²) >= 11 is 0. The number of hydrogen-bond acceptors (Lipinski definition) is 5. The zero-order chi connectivity index (χ0) is 14.8. The first kappa shape index (κ1) is 13.5. The van der Waals surface area contributed by atoms with Crippen molar-refractivity contribution in [3.63, 3.8) is 0 Å². The average Bonchev–Trinajstić information content (AvgIpc) is 2.88. The fourth-order valence-electron chi connectivity index (χ4n) is 2.17. The maximum atomic E-state index is 9.09. The number of nitrogens with zero attached hydrogens (tertiary/aromatic N) is 3. The van der Waals surface area contributed by atoms with Gasteiger partial charge in [0.05, 0.1) is 30.2 Å². The zero-order valence-corrected chi connectivity index (χ0v) is 12.0. The van der Waals surface area contributed by atoms with E-state index in [1.54, 1.807) is 12.4 Å². The van der Waals surface area contributed by atoms with Gasteiger partial charge < -0.3 is 10.4 Å². The van der Waals surface area contributed by atoms with Crippen LogP contribution in [0.5, 0.6) is 0 Å². The van der Waals surface area contributed by atoms with Gasteiger partial charge in [0.15, 0.2) is 0 Å². The van der Waals surface area contributed by atoms with Crippen LogP contribution in [0, 0.1) is 6.92 Å². The number of rotatable bonds is 4. The van der Waals surface area contributed by atoms with Crippen LogP contribution in [0.4, 0.5) is 5.82 Å². The lowest BCUT2D eigenvalue weighted by Crippen LogP contribution is -2.20. The van der Waals surface area contributed by atoms with Crippen LogP contribution < -0.4 is 5.32 Å². The highest BCUT2D eigenvalue weighted by Crippen LogP contribution is 2.24. The van der Waals surface area contributed by atoms with E-state index in [4.69, 9.17) is 5.11 Å². The molecule has 2 heterocycles. The Hall–Kier alpha value is -2.47. The van der Waals surface area contributed by atoms with Gasteiger partial charge in [-0.2, -0.15) is 5.10 Å². The van der Waals surface area contributed by atoms with Crippen molar-refractivity contribution in [1.82, 2.24) is 20.2 Å². The Morgan fingerprint density at radius 3 is 3.00 bits per heavy atom. The third-order valence-corrected chi connectivity index (χ3v) is 3.34. The number of aryl methyl sites for hydroxylation is 1. The van der Waals surface area contributed by atoms with E-state index < -0.39 is 0 Å². The highest BCUT2D eigenvalue weighted by atomic mass is 16.3. The van der Waals surface area contributed by atoms with Crippen molar-refractivity contribution in [2.75, 3.05) is 11.9 Å². The molecular weight excluding hydrogens is 266 g/mol. The molecule has 6 nitrogen and oxygen atoms in total. The van der Waals surface area contributed by atoms with Crippen molar-refractivity contribution >= 4 is 16.7 Å². The summed E-state index contributed by atoms with van der Waals surface area (Å²) in [6, 6.07) is 5.93. The molecule has 21 heavy (non-hydrogen) atoms. The molecule has 3 N–H and O–H groups in total. The molecule has 1 aromatic carbocycles. The van der Waals surface area contributed by atoms with Crippen LogP contribution in [-0.4, -0.2) is 37.9 Å². The van der Waals surface area contributed by atoms with E-state index in [-0.39, 0.29) is 12.6 Å². The lowest BCUT2D eigenvalue weighted by Gasteiger charge is -2.11. The summed E-state index contributed by atoms with van der Waals surface area (Å²) in [6.07, 6.45) is 3.38. The van der Waals surface area contributed by atoms with Gasteiger partial charge in [0, 0.05) is 22.7 Å². The van der Waals surface area contributed by atoms with Gasteiger partial charge in [0.25, 0.3) is 0 Å². The number of aromatic nitrogens is 4. The minimum absolute atomic E-state index is 0.0477. The molecule has 0 saturated heterocycles. The molecule has 3 aromatic rings. The molecule has 0 spiro atoms. The van der Waals surface area contributed by atoms with E-state index in [2.05, 4.69) is 31.5 Å². The molecule has 0 aliphatic rings. The smallest absolute Gasteiger partial charge is 0.145 e. The Morgan fingerprint density at radius 2 is 2.19 bits per heavy atom. The largest absolute Gasteiger partial charge is 0.394 e. The van der Waals surface area contributed by atoms with Crippen molar-refractivity contribution in [3.05, 3.63) is 36.3 Å². The molecule has 6 heteroatoms. The van der Waals surface area contributed by atoms with Gasteiger partial charge >= 0.3 is 0 Å². The molecule has 1 atom stereocenters. The number of nitrogens with one attached hydrogen (secondary N) is 2. The number of benzene rings is 1. The first-order valence-electron chi connectivity index (χ1n) is 6.82. The molecule has 108 valence electrons. The molecular formula is C15H17N5O. The Bertz CT molecular complexity index is 768.